The van der Waals surface area contributed by atoms with E-state index in [0.29, 0.717) is 35.9 Å². The van der Waals surface area contributed by atoms with Gasteiger partial charge >= 0.3 is 10.3 Å². The molecular formula is C19H27NO4S. The number of allylic oxidation sites excluding steroid dienone is 1. The van der Waals surface area contributed by atoms with Crippen molar-refractivity contribution in [2.45, 2.75) is 64.4 Å². The maximum absolute atomic E-state index is 11.8. The minimum atomic E-state index is -3.90. The van der Waals surface area contributed by atoms with Gasteiger partial charge in [-0.15, -0.1) is 0 Å². The van der Waals surface area contributed by atoms with Crippen molar-refractivity contribution in [3.8, 4) is 0 Å². The van der Waals surface area contributed by atoms with Gasteiger partial charge in [-0.3, -0.25) is 8.98 Å². The van der Waals surface area contributed by atoms with Gasteiger partial charge in [0.05, 0.1) is 6.10 Å². The van der Waals surface area contributed by atoms with Crippen molar-refractivity contribution in [2.75, 3.05) is 0 Å². The SMILES string of the molecule is C[C@]12CC[C@H]3[C@@H](CCC4=CC(=O)CC[C@@H]43)[C@@]13C[C@H]3C[C@@H]2OS(N)(=O)=O. The molecule has 5 rings (SSSR count). The van der Waals surface area contributed by atoms with E-state index >= 15 is 0 Å². The van der Waals surface area contributed by atoms with Crippen molar-refractivity contribution in [1.29, 1.82) is 0 Å². The van der Waals surface area contributed by atoms with Crippen LogP contribution in [0.1, 0.15) is 58.3 Å². The molecule has 0 saturated heterocycles. The Labute approximate surface area is 149 Å². The Morgan fingerprint density at radius 1 is 1.24 bits per heavy atom. The van der Waals surface area contributed by atoms with Crippen LogP contribution in [0.15, 0.2) is 11.6 Å². The summed E-state index contributed by atoms with van der Waals surface area (Å²) < 4.78 is 28.4. The van der Waals surface area contributed by atoms with Crippen molar-refractivity contribution in [3.05, 3.63) is 11.6 Å². The zero-order valence-electron chi connectivity index (χ0n) is 14.7. The molecule has 0 heterocycles. The Balaban J connectivity index is 1.47. The average molecular weight is 365 g/mol. The fourth-order valence-electron chi connectivity index (χ4n) is 7.68. The number of hydrogen-bond donors (Lipinski definition) is 1. The normalized spacial score (nSPS) is 51.0. The molecule has 0 bridgehead atoms. The molecule has 0 amide bonds. The summed E-state index contributed by atoms with van der Waals surface area (Å²) in [4.78, 5) is 11.8. The number of carbonyl (C=O) groups excluding carboxylic acids is 1. The molecule has 0 aromatic heterocycles. The molecule has 7 atom stereocenters. The number of ketones is 1. The van der Waals surface area contributed by atoms with Crippen molar-refractivity contribution < 1.29 is 17.4 Å². The van der Waals surface area contributed by atoms with Crippen LogP contribution in [0.25, 0.3) is 0 Å². The smallest absolute Gasteiger partial charge is 0.295 e. The number of rotatable bonds is 2. The van der Waals surface area contributed by atoms with Gasteiger partial charge in [0.25, 0.3) is 0 Å². The molecule has 5 aliphatic carbocycles. The fraction of sp³-hybridized carbons (Fsp3) is 0.842. The summed E-state index contributed by atoms with van der Waals surface area (Å²) in [5, 5.41) is 5.20. The maximum Gasteiger partial charge on any atom is 0.333 e. The Bertz CT molecular complexity index is 774. The second-order valence-corrected chi connectivity index (χ2v) is 10.5. The Hall–Kier alpha value is -0.720. The van der Waals surface area contributed by atoms with Gasteiger partial charge in [0.1, 0.15) is 0 Å². The molecule has 4 fully saturated rings. The highest BCUT2D eigenvalue weighted by atomic mass is 32.2. The molecule has 0 radical (unpaired) electrons. The monoisotopic (exact) mass is 365 g/mol. The van der Waals surface area contributed by atoms with Crippen LogP contribution in [0, 0.1) is 34.5 Å². The number of carbonyl (C=O) groups is 1. The molecule has 138 valence electrons. The Morgan fingerprint density at radius 2 is 2.04 bits per heavy atom. The third kappa shape index (κ3) is 2.13. The molecule has 2 N–H and O–H groups in total. The van der Waals surface area contributed by atoms with Gasteiger partial charge in [0.2, 0.25) is 0 Å². The van der Waals surface area contributed by atoms with Crippen molar-refractivity contribution in [2.24, 2.45) is 39.6 Å². The van der Waals surface area contributed by atoms with E-state index in [2.05, 4.69) is 6.92 Å². The molecule has 5 aliphatic rings. The number of fused-ring (bicyclic) bond motifs is 3. The van der Waals surface area contributed by atoms with E-state index in [0.717, 1.165) is 38.5 Å². The van der Waals surface area contributed by atoms with Crippen molar-refractivity contribution in [3.63, 3.8) is 0 Å². The molecule has 0 unspecified atom stereocenters. The van der Waals surface area contributed by atoms with E-state index in [9.17, 15) is 13.2 Å². The molecule has 5 nitrogen and oxygen atoms in total. The lowest BCUT2D eigenvalue weighted by Gasteiger charge is -2.55. The van der Waals surface area contributed by atoms with Crippen LogP contribution in [-0.4, -0.2) is 20.3 Å². The minimum Gasteiger partial charge on any atom is -0.295 e. The largest absolute Gasteiger partial charge is 0.333 e. The maximum atomic E-state index is 11.8. The van der Waals surface area contributed by atoms with Crippen molar-refractivity contribution in [1.82, 2.24) is 0 Å². The summed E-state index contributed by atoms with van der Waals surface area (Å²) in [6.45, 7) is 2.25. The lowest BCUT2D eigenvalue weighted by molar-refractivity contribution is -0.116. The third-order valence-corrected chi connectivity index (χ3v) is 9.14. The first-order chi connectivity index (χ1) is 11.7. The van der Waals surface area contributed by atoms with Crippen LogP contribution in [0.5, 0.6) is 0 Å². The standard InChI is InChI=1S/C19H27NO4S/c1-18-7-6-15-14-4-3-13(21)8-11(14)2-5-16(15)19(18)10-12(19)9-17(18)24-25(20,22)23/h8,12,14-17H,2-7,9-10H2,1H3,(H2,20,22,23)/t12-,14+,15-,16-,17+,18-,19+/m1/s1. The quantitative estimate of drug-likeness (QED) is 0.815. The van der Waals surface area contributed by atoms with Gasteiger partial charge in [-0.2, -0.15) is 8.42 Å². The van der Waals surface area contributed by atoms with Gasteiger partial charge in [-0.05, 0) is 80.1 Å². The summed E-state index contributed by atoms with van der Waals surface area (Å²) in [7, 11) is -3.90. The second-order valence-electron chi connectivity index (χ2n) is 9.35. The van der Waals surface area contributed by atoms with E-state index in [-0.39, 0.29) is 16.9 Å². The van der Waals surface area contributed by atoms with Crippen molar-refractivity contribution >= 4 is 16.1 Å². The number of hydrogen-bond acceptors (Lipinski definition) is 4. The van der Waals surface area contributed by atoms with Gasteiger partial charge in [0.15, 0.2) is 5.78 Å². The first-order valence-electron chi connectivity index (χ1n) is 9.69. The summed E-state index contributed by atoms with van der Waals surface area (Å²) >= 11 is 0. The minimum absolute atomic E-state index is 0.0724. The lowest BCUT2D eigenvalue weighted by atomic mass is 9.49. The number of nitrogens with two attached hydrogens (primary N) is 1. The van der Waals surface area contributed by atoms with E-state index in [1.54, 1.807) is 0 Å². The van der Waals surface area contributed by atoms with Crippen LogP contribution in [-0.2, 0) is 19.3 Å². The first kappa shape index (κ1) is 16.5. The molecule has 25 heavy (non-hydrogen) atoms. The zero-order chi connectivity index (χ0) is 17.6. The highest BCUT2D eigenvalue weighted by molar-refractivity contribution is 7.84. The molecule has 0 aromatic rings. The molecule has 1 spiro atoms. The molecular weight excluding hydrogens is 338 g/mol. The summed E-state index contributed by atoms with van der Waals surface area (Å²) in [5.74, 6) is 2.79. The summed E-state index contributed by atoms with van der Waals surface area (Å²) in [6.07, 6.45) is 9.77. The first-order valence-corrected chi connectivity index (χ1v) is 11.2. The van der Waals surface area contributed by atoms with Crippen LogP contribution in [0.4, 0.5) is 0 Å². The highest BCUT2D eigenvalue weighted by Gasteiger charge is 2.77. The lowest BCUT2D eigenvalue weighted by Crippen LogP contribution is -2.51. The molecule has 4 saturated carbocycles. The van der Waals surface area contributed by atoms with Gasteiger partial charge in [-0.25, -0.2) is 5.14 Å². The average Bonchev–Trinajstić information content (AvgIpc) is 3.18. The van der Waals surface area contributed by atoms with E-state index in [1.165, 1.54) is 12.0 Å². The van der Waals surface area contributed by atoms with Crippen LogP contribution < -0.4 is 5.14 Å². The molecule has 0 aliphatic heterocycles. The van der Waals surface area contributed by atoms with Gasteiger partial charge in [0, 0.05) is 11.8 Å². The molecule has 0 aromatic carbocycles. The zero-order valence-corrected chi connectivity index (χ0v) is 15.6. The Morgan fingerprint density at radius 3 is 2.80 bits per heavy atom. The van der Waals surface area contributed by atoms with Crippen LogP contribution in [0.2, 0.25) is 0 Å². The van der Waals surface area contributed by atoms with E-state index in [1.807, 2.05) is 6.08 Å². The Kier molecular flexibility index (Phi) is 3.26. The fourth-order valence-corrected chi connectivity index (χ4v) is 8.29. The summed E-state index contributed by atoms with van der Waals surface area (Å²) in [6, 6.07) is 0. The molecule has 6 heteroatoms. The van der Waals surface area contributed by atoms with Crippen LogP contribution >= 0.6 is 0 Å². The third-order valence-electron chi connectivity index (χ3n) is 8.64. The van der Waals surface area contributed by atoms with E-state index < -0.39 is 10.3 Å². The topological polar surface area (TPSA) is 86.5 Å². The van der Waals surface area contributed by atoms with E-state index in [4.69, 9.17) is 9.32 Å². The summed E-state index contributed by atoms with van der Waals surface area (Å²) in [5.41, 5.74) is 1.57. The highest BCUT2D eigenvalue weighted by Crippen LogP contribution is 2.82. The second kappa shape index (κ2) is 4.96. The predicted octanol–water partition coefficient (Wildman–Crippen LogP) is 2.72. The predicted molar refractivity (Wildman–Crippen MR) is 92.5 cm³/mol. The van der Waals surface area contributed by atoms with Crippen LogP contribution in [0.3, 0.4) is 0 Å². The van der Waals surface area contributed by atoms with Gasteiger partial charge in [-0.1, -0.05) is 12.5 Å². The van der Waals surface area contributed by atoms with Gasteiger partial charge < -0.3 is 0 Å².